The summed E-state index contributed by atoms with van der Waals surface area (Å²) in [5.74, 6) is -2.68. The lowest BCUT2D eigenvalue weighted by Gasteiger charge is -2.27. The van der Waals surface area contributed by atoms with Crippen molar-refractivity contribution in [2.45, 2.75) is 12.3 Å². The maximum atomic E-state index is 13.5. The van der Waals surface area contributed by atoms with E-state index in [0.29, 0.717) is 6.20 Å². The summed E-state index contributed by atoms with van der Waals surface area (Å²) in [5, 5.41) is 1.94. The highest BCUT2D eigenvalue weighted by atomic mass is 19.4. The molecule has 6 nitrogen and oxygen atoms in total. The number of hydrogen-bond donors (Lipinski definition) is 1. The molecule has 4 rings (SSSR count). The Labute approximate surface area is 158 Å². The van der Waals surface area contributed by atoms with Crippen LogP contribution in [0.1, 0.15) is 23.0 Å². The number of alkyl halides is 3. The number of amides is 1. The molecule has 0 fully saturated rings. The summed E-state index contributed by atoms with van der Waals surface area (Å²) in [6.07, 6.45) is -6.71. The molecular formula is C18H9F5N2O4. The summed E-state index contributed by atoms with van der Waals surface area (Å²) >= 11 is 0. The first kappa shape index (κ1) is 18.7. The Morgan fingerprint density at radius 2 is 1.62 bits per heavy atom. The number of nitrogens with zero attached hydrogens (tertiary/aromatic N) is 1. The number of nitrogens with one attached hydrogen (secondary N) is 1. The number of hydrogen-bond acceptors (Lipinski definition) is 5. The molecule has 3 aromatic rings. The largest absolute Gasteiger partial charge is 0.456 e. The summed E-state index contributed by atoms with van der Waals surface area (Å²) in [7, 11) is 0. The van der Waals surface area contributed by atoms with Crippen molar-refractivity contribution in [1.29, 1.82) is 0 Å². The fourth-order valence-electron chi connectivity index (χ4n) is 2.73. The molecule has 11 heteroatoms. The van der Waals surface area contributed by atoms with Crippen LogP contribution in [0.4, 0.5) is 32.8 Å². The SMILES string of the molecule is O=C(Nc1ncc(C(F)(F)F)o1)OC1c2ccc(F)cc2Oc2cc(F)ccc21. The molecule has 1 amide bonds. The van der Waals surface area contributed by atoms with Crippen molar-refractivity contribution in [3.8, 4) is 11.5 Å². The Bertz CT molecular complexity index is 1040. The number of ether oxygens (including phenoxy) is 2. The van der Waals surface area contributed by atoms with Crippen molar-refractivity contribution in [2.75, 3.05) is 5.32 Å². The molecule has 0 unspecified atom stereocenters. The highest BCUT2D eigenvalue weighted by molar-refractivity contribution is 5.82. The summed E-state index contributed by atoms with van der Waals surface area (Å²) in [4.78, 5) is 15.5. The van der Waals surface area contributed by atoms with Crippen LogP contribution in [0, 0.1) is 11.6 Å². The summed E-state index contributed by atoms with van der Waals surface area (Å²) in [6.45, 7) is 0. The lowest BCUT2D eigenvalue weighted by Crippen LogP contribution is -2.21. The van der Waals surface area contributed by atoms with E-state index in [2.05, 4.69) is 9.40 Å². The van der Waals surface area contributed by atoms with Gasteiger partial charge >= 0.3 is 18.3 Å². The number of anilines is 1. The third-order valence-electron chi connectivity index (χ3n) is 3.96. The fourth-order valence-corrected chi connectivity index (χ4v) is 2.73. The quantitative estimate of drug-likeness (QED) is 0.570. The minimum absolute atomic E-state index is 0.00335. The number of carbonyl (C=O) groups is 1. The van der Waals surface area contributed by atoms with E-state index in [-0.39, 0.29) is 22.6 Å². The average molecular weight is 412 g/mol. The number of oxazole rings is 1. The van der Waals surface area contributed by atoms with Crippen LogP contribution in [-0.4, -0.2) is 11.1 Å². The van der Waals surface area contributed by atoms with Crippen molar-refractivity contribution in [2.24, 2.45) is 0 Å². The van der Waals surface area contributed by atoms with Gasteiger partial charge < -0.3 is 13.9 Å². The maximum Gasteiger partial charge on any atom is 0.451 e. The molecule has 0 radical (unpaired) electrons. The number of halogens is 5. The normalized spacial score (nSPS) is 13.3. The van der Waals surface area contributed by atoms with Gasteiger partial charge in [0, 0.05) is 23.3 Å². The number of aromatic nitrogens is 1. The van der Waals surface area contributed by atoms with Crippen LogP contribution < -0.4 is 10.1 Å². The molecule has 150 valence electrons. The van der Waals surface area contributed by atoms with Crippen LogP contribution >= 0.6 is 0 Å². The first-order valence-corrected chi connectivity index (χ1v) is 7.98. The molecule has 0 aliphatic carbocycles. The van der Waals surface area contributed by atoms with Gasteiger partial charge in [-0.3, -0.25) is 0 Å². The molecule has 1 aromatic heterocycles. The Balaban J connectivity index is 1.61. The fraction of sp³-hybridized carbons (Fsp3) is 0.111. The smallest absolute Gasteiger partial charge is 0.451 e. The molecule has 1 aliphatic rings. The van der Waals surface area contributed by atoms with Gasteiger partial charge in [0.25, 0.3) is 0 Å². The van der Waals surface area contributed by atoms with E-state index >= 15 is 0 Å². The molecule has 2 heterocycles. The highest BCUT2D eigenvalue weighted by Crippen LogP contribution is 2.45. The van der Waals surface area contributed by atoms with E-state index in [0.717, 1.165) is 24.3 Å². The lowest BCUT2D eigenvalue weighted by molar-refractivity contribution is -0.152. The Hall–Kier alpha value is -3.63. The van der Waals surface area contributed by atoms with Gasteiger partial charge in [0.15, 0.2) is 6.10 Å². The number of benzene rings is 2. The van der Waals surface area contributed by atoms with Crippen LogP contribution in [-0.2, 0) is 10.9 Å². The summed E-state index contributed by atoms with van der Waals surface area (Å²) in [6, 6.07) is 6.16. The molecule has 0 spiro atoms. The first-order valence-electron chi connectivity index (χ1n) is 7.98. The van der Waals surface area contributed by atoms with E-state index in [9.17, 15) is 26.7 Å². The molecule has 29 heavy (non-hydrogen) atoms. The predicted molar refractivity (Wildman–Crippen MR) is 86.3 cm³/mol. The highest BCUT2D eigenvalue weighted by Gasteiger charge is 2.36. The molecule has 1 aliphatic heterocycles. The molecule has 0 saturated carbocycles. The first-order chi connectivity index (χ1) is 13.7. The van der Waals surface area contributed by atoms with Crippen molar-refractivity contribution < 1.29 is 40.6 Å². The molecule has 0 bridgehead atoms. The minimum Gasteiger partial charge on any atom is -0.456 e. The van der Waals surface area contributed by atoms with Crippen molar-refractivity contribution in [1.82, 2.24) is 4.98 Å². The molecule has 2 aromatic carbocycles. The van der Waals surface area contributed by atoms with Gasteiger partial charge in [-0.05, 0) is 24.3 Å². The molecule has 0 saturated heterocycles. The van der Waals surface area contributed by atoms with Crippen molar-refractivity contribution >= 4 is 12.1 Å². The second-order valence-corrected chi connectivity index (χ2v) is 5.90. The lowest BCUT2D eigenvalue weighted by atomic mass is 9.97. The molecule has 0 atom stereocenters. The zero-order valence-corrected chi connectivity index (χ0v) is 14.1. The topological polar surface area (TPSA) is 73.6 Å². The van der Waals surface area contributed by atoms with Crippen LogP contribution in [0.3, 0.4) is 0 Å². The maximum absolute atomic E-state index is 13.5. The number of fused-ring (bicyclic) bond motifs is 2. The Morgan fingerprint density at radius 1 is 1.03 bits per heavy atom. The number of rotatable bonds is 2. The van der Waals surface area contributed by atoms with Gasteiger partial charge in [-0.1, -0.05) is 0 Å². The average Bonchev–Trinajstić information content (AvgIpc) is 3.09. The minimum atomic E-state index is -4.77. The van der Waals surface area contributed by atoms with Crippen molar-refractivity contribution in [3.05, 3.63) is 71.1 Å². The van der Waals surface area contributed by atoms with Crippen molar-refractivity contribution in [3.63, 3.8) is 0 Å². The number of carbonyl (C=O) groups excluding carboxylic acids is 1. The van der Waals surface area contributed by atoms with E-state index < -0.39 is 41.8 Å². The third kappa shape index (κ3) is 3.71. The van der Waals surface area contributed by atoms with E-state index in [4.69, 9.17) is 9.47 Å². The van der Waals surface area contributed by atoms with Crippen LogP contribution in [0.25, 0.3) is 0 Å². The van der Waals surface area contributed by atoms with E-state index in [1.807, 2.05) is 5.32 Å². The van der Waals surface area contributed by atoms with E-state index in [1.54, 1.807) is 0 Å². The van der Waals surface area contributed by atoms with Crippen LogP contribution in [0.15, 0.2) is 47.0 Å². The van der Waals surface area contributed by atoms with E-state index in [1.165, 1.54) is 12.1 Å². The van der Waals surface area contributed by atoms with Gasteiger partial charge in [0.2, 0.25) is 5.76 Å². The summed E-state index contributed by atoms with van der Waals surface area (Å²) < 4.78 is 79.9. The van der Waals surface area contributed by atoms with Gasteiger partial charge in [-0.15, -0.1) is 0 Å². The van der Waals surface area contributed by atoms with Gasteiger partial charge in [0.05, 0.1) is 6.20 Å². The monoisotopic (exact) mass is 412 g/mol. The van der Waals surface area contributed by atoms with Gasteiger partial charge in [-0.25, -0.2) is 23.9 Å². The van der Waals surface area contributed by atoms with Gasteiger partial charge in [0.1, 0.15) is 23.1 Å². The zero-order chi connectivity index (χ0) is 20.8. The Morgan fingerprint density at radius 3 is 2.14 bits per heavy atom. The third-order valence-corrected chi connectivity index (χ3v) is 3.96. The predicted octanol–water partition coefficient (Wildman–Crippen LogP) is 5.42. The molecule has 1 N–H and O–H groups in total. The second kappa shape index (κ2) is 6.76. The molecular weight excluding hydrogens is 403 g/mol. The standard InChI is InChI=1S/C18H9F5N2O4/c19-8-1-3-10-12(5-8)27-13-6-9(20)2-4-11(13)15(10)29-17(26)25-16-24-7-14(28-16)18(21,22)23/h1-7,15H,(H,24,25,26). The van der Waals surface area contributed by atoms with Gasteiger partial charge in [-0.2, -0.15) is 13.2 Å². The van der Waals surface area contributed by atoms with Crippen LogP contribution in [0.2, 0.25) is 0 Å². The zero-order valence-electron chi connectivity index (χ0n) is 14.1. The summed E-state index contributed by atoms with van der Waals surface area (Å²) in [5.41, 5.74) is 0.507. The van der Waals surface area contributed by atoms with Crippen LogP contribution in [0.5, 0.6) is 11.5 Å². The Kier molecular flexibility index (Phi) is 4.36. The second-order valence-electron chi connectivity index (χ2n) is 5.90.